The molecule has 0 aliphatic heterocycles. The summed E-state index contributed by atoms with van der Waals surface area (Å²) in [6.45, 7) is 4.04. The van der Waals surface area contributed by atoms with E-state index in [-0.39, 0.29) is 21.0 Å². The third kappa shape index (κ3) is 5.37. The molecule has 1 aromatic rings. The molecule has 0 fully saturated rings. The molecule has 1 aromatic carbocycles. The van der Waals surface area contributed by atoms with Gasteiger partial charge in [-0.15, -0.1) is 0 Å². The first-order valence-corrected chi connectivity index (χ1v) is 9.43. The molecule has 0 aliphatic rings. The quantitative estimate of drug-likeness (QED) is 0.676. The maximum absolute atomic E-state index is 11.8. The van der Waals surface area contributed by atoms with E-state index in [0.717, 1.165) is 0 Å². The van der Waals surface area contributed by atoms with Gasteiger partial charge in [-0.05, 0) is 40.0 Å². The van der Waals surface area contributed by atoms with Crippen molar-refractivity contribution in [3.63, 3.8) is 0 Å². The summed E-state index contributed by atoms with van der Waals surface area (Å²) in [4.78, 5) is -0.109. The first-order valence-electron chi connectivity index (χ1n) is 5.61. The molecule has 1 rings (SSSR count). The van der Waals surface area contributed by atoms with Crippen LogP contribution in [0.5, 0.6) is 0 Å². The van der Waals surface area contributed by atoms with Crippen LogP contribution in [0.25, 0.3) is 0 Å². The van der Waals surface area contributed by atoms with E-state index in [0.29, 0.717) is 6.54 Å². The average Bonchev–Trinajstić information content (AvgIpc) is 2.28. The molecular formula is C10H16BrN3O4S2. The van der Waals surface area contributed by atoms with Crippen LogP contribution in [-0.4, -0.2) is 23.4 Å². The predicted octanol–water partition coefficient (Wildman–Crippen LogP) is 0.999. The molecule has 20 heavy (non-hydrogen) atoms. The Kier molecular flexibility index (Phi) is 5.55. The zero-order chi connectivity index (χ0) is 15.6. The summed E-state index contributed by atoms with van der Waals surface area (Å²) in [6, 6.07) is 3.77. The molecule has 0 saturated carbocycles. The van der Waals surface area contributed by atoms with Gasteiger partial charge >= 0.3 is 0 Å². The Labute approximate surface area is 127 Å². The maximum Gasteiger partial charge on any atom is 0.299 e. The maximum atomic E-state index is 11.8. The molecule has 0 heterocycles. The first kappa shape index (κ1) is 17.4. The number of hydrogen-bond acceptors (Lipinski definition) is 4. The number of nitrogens with one attached hydrogen (secondary N) is 2. The lowest BCUT2D eigenvalue weighted by Crippen LogP contribution is -2.33. The number of anilines is 1. The number of primary sulfonamides is 1. The van der Waals surface area contributed by atoms with Gasteiger partial charge in [0.1, 0.15) is 0 Å². The summed E-state index contributed by atoms with van der Waals surface area (Å²) in [5.41, 5.74) is 0.216. The second-order valence-corrected chi connectivity index (χ2v) is 8.45. The lowest BCUT2D eigenvalue weighted by molar-refractivity contribution is 0.565. The molecule has 0 aliphatic carbocycles. The van der Waals surface area contributed by atoms with Crippen LogP contribution in [0.4, 0.5) is 5.69 Å². The number of halogens is 1. The van der Waals surface area contributed by atoms with Crippen LogP contribution in [0.1, 0.15) is 13.8 Å². The Morgan fingerprint density at radius 2 is 1.85 bits per heavy atom. The van der Waals surface area contributed by atoms with Gasteiger partial charge in [-0.25, -0.2) is 13.6 Å². The lowest BCUT2D eigenvalue weighted by Gasteiger charge is -2.12. The van der Waals surface area contributed by atoms with Gasteiger partial charge in [0.15, 0.2) is 0 Å². The van der Waals surface area contributed by atoms with Crippen molar-refractivity contribution in [1.82, 2.24) is 4.72 Å². The molecule has 0 radical (unpaired) electrons. The van der Waals surface area contributed by atoms with Crippen LogP contribution < -0.4 is 14.6 Å². The standard InChI is InChI=1S/C10H16BrN3O4S2/c1-7(2)6-13-20(17,18)14-10-4-3-8(5-9(10)11)19(12,15)16/h3-5,7,13-14H,6H2,1-2H3,(H2,12,15,16). The van der Waals surface area contributed by atoms with E-state index in [1.165, 1.54) is 18.2 Å². The van der Waals surface area contributed by atoms with Crippen LogP contribution in [0.3, 0.4) is 0 Å². The van der Waals surface area contributed by atoms with E-state index in [1.807, 2.05) is 13.8 Å². The third-order valence-electron chi connectivity index (χ3n) is 2.20. The highest BCUT2D eigenvalue weighted by Crippen LogP contribution is 2.25. The number of nitrogens with two attached hydrogens (primary N) is 1. The molecule has 0 spiro atoms. The van der Waals surface area contributed by atoms with Gasteiger partial charge in [-0.1, -0.05) is 13.8 Å². The van der Waals surface area contributed by atoms with Gasteiger partial charge in [0.25, 0.3) is 10.2 Å². The highest BCUT2D eigenvalue weighted by Gasteiger charge is 2.15. The van der Waals surface area contributed by atoms with Crippen molar-refractivity contribution >= 4 is 41.8 Å². The topological polar surface area (TPSA) is 118 Å². The minimum absolute atomic E-state index is 0.109. The molecule has 0 bridgehead atoms. The first-order chi connectivity index (χ1) is 9.01. The minimum Gasteiger partial charge on any atom is -0.270 e. The molecule has 0 aromatic heterocycles. The Bertz CT molecular complexity index is 686. The van der Waals surface area contributed by atoms with Gasteiger partial charge in [-0.3, -0.25) is 4.72 Å². The number of rotatable bonds is 6. The van der Waals surface area contributed by atoms with E-state index in [9.17, 15) is 16.8 Å². The molecule has 4 N–H and O–H groups in total. The van der Waals surface area contributed by atoms with Crippen LogP contribution in [-0.2, 0) is 20.2 Å². The fraction of sp³-hybridized carbons (Fsp3) is 0.400. The van der Waals surface area contributed by atoms with E-state index in [2.05, 4.69) is 25.4 Å². The molecule has 7 nitrogen and oxygen atoms in total. The second-order valence-electron chi connectivity index (χ2n) is 4.53. The van der Waals surface area contributed by atoms with Gasteiger partial charge < -0.3 is 0 Å². The van der Waals surface area contributed by atoms with Crippen molar-refractivity contribution in [3.8, 4) is 0 Å². The number of sulfonamides is 1. The average molecular weight is 386 g/mol. The van der Waals surface area contributed by atoms with Crippen LogP contribution in [0.15, 0.2) is 27.6 Å². The predicted molar refractivity (Wildman–Crippen MR) is 80.9 cm³/mol. The monoisotopic (exact) mass is 385 g/mol. The third-order valence-corrected chi connectivity index (χ3v) is 4.80. The fourth-order valence-electron chi connectivity index (χ4n) is 1.21. The summed E-state index contributed by atoms with van der Waals surface area (Å²) in [5.74, 6) is 0.166. The van der Waals surface area contributed by atoms with Crippen LogP contribution in [0.2, 0.25) is 0 Å². The van der Waals surface area contributed by atoms with Crippen molar-refractivity contribution in [2.24, 2.45) is 11.1 Å². The zero-order valence-corrected chi connectivity index (χ0v) is 14.1. The Morgan fingerprint density at radius 1 is 1.25 bits per heavy atom. The van der Waals surface area contributed by atoms with E-state index < -0.39 is 20.2 Å². The zero-order valence-electron chi connectivity index (χ0n) is 10.9. The van der Waals surface area contributed by atoms with Crippen molar-refractivity contribution in [3.05, 3.63) is 22.7 Å². The molecule has 114 valence electrons. The van der Waals surface area contributed by atoms with E-state index in [1.54, 1.807) is 0 Å². The number of hydrogen-bond donors (Lipinski definition) is 3. The van der Waals surface area contributed by atoms with Crippen molar-refractivity contribution in [2.75, 3.05) is 11.3 Å². The summed E-state index contributed by atoms with van der Waals surface area (Å²) in [7, 11) is -7.54. The molecule has 0 atom stereocenters. The Morgan fingerprint density at radius 3 is 2.30 bits per heavy atom. The molecule has 0 unspecified atom stereocenters. The smallest absolute Gasteiger partial charge is 0.270 e. The van der Waals surface area contributed by atoms with Gasteiger partial charge in [-0.2, -0.15) is 13.1 Å². The minimum atomic E-state index is -3.83. The van der Waals surface area contributed by atoms with E-state index in [4.69, 9.17) is 5.14 Å². The molecule has 10 heteroatoms. The van der Waals surface area contributed by atoms with Crippen molar-refractivity contribution in [2.45, 2.75) is 18.7 Å². The number of benzene rings is 1. The molecular weight excluding hydrogens is 370 g/mol. The summed E-state index contributed by atoms with van der Waals surface area (Å²) in [5, 5.41) is 4.98. The van der Waals surface area contributed by atoms with Crippen LogP contribution in [0, 0.1) is 5.92 Å². The summed E-state index contributed by atoms with van der Waals surface area (Å²) >= 11 is 3.10. The Balaban J connectivity index is 2.94. The van der Waals surface area contributed by atoms with Crippen LogP contribution >= 0.6 is 15.9 Å². The fourth-order valence-corrected chi connectivity index (χ4v) is 3.61. The van der Waals surface area contributed by atoms with E-state index >= 15 is 0 Å². The van der Waals surface area contributed by atoms with Crippen molar-refractivity contribution in [1.29, 1.82) is 0 Å². The molecule has 0 saturated heterocycles. The normalized spacial score (nSPS) is 12.7. The highest BCUT2D eigenvalue weighted by atomic mass is 79.9. The van der Waals surface area contributed by atoms with Gasteiger partial charge in [0.2, 0.25) is 10.0 Å². The highest BCUT2D eigenvalue weighted by molar-refractivity contribution is 9.10. The SMILES string of the molecule is CC(C)CNS(=O)(=O)Nc1ccc(S(N)(=O)=O)cc1Br. The molecule has 0 amide bonds. The lowest BCUT2D eigenvalue weighted by atomic mass is 10.2. The largest absolute Gasteiger partial charge is 0.299 e. The van der Waals surface area contributed by atoms with Crippen molar-refractivity contribution < 1.29 is 16.8 Å². The summed E-state index contributed by atoms with van der Waals surface area (Å²) in [6.07, 6.45) is 0. The Hall–Kier alpha value is -0.680. The van der Waals surface area contributed by atoms with Gasteiger partial charge in [0.05, 0.1) is 10.6 Å². The second kappa shape index (κ2) is 6.39. The summed E-state index contributed by atoms with van der Waals surface area (Å²) < 4.78 is 50.8. The van der Waals surface area contributed by atoms with Gasteiger partial charge in [0, 0.05) is 11.0 Å².